The molecule has 0 radical (unpaired) electrons. The van der Waals surface area contributed by atoms with E-state index in [4.69, 9.17) is 0 Å². The van der Waals surface area contributed by atoms with Gasteiger partial charge in [0.05, 0.1) is 17.5 Å². The first kappa shape index (κ1) is 18.4. The molecule has 2 N–H and O–H groups in total. The third kappa shape index (κ3) is 5.31. The molecule has 1 unspecified atom stereocenters. The van der Waals surface area contributed by atoms with E-state index in [0.717, 1.165) is 18.1 Å². The summed E-state index contributed by atoms with van der Waals surface area (Å²) in [7, 11) is 0. The Morgan fingerprint density at radius 1 is 1.20 bits per heavy atom. The normalized spacial score (nSPS) is 12.5. The summed E-state index contributed by atoms with van der Waals surface area (Å²) in [5.41, 5.74) is 3.47. The van der Waals surface area contributed by atoms with Crippen LogP contribution in [0, 0.1) is 17.0 Å². The van der Waals surface area contributed by atoms with Crippen LogP contribution in [-0.4, -0.2) is 17.4 Å². The molecule has 6 heteroatoms. The Morgan fingerprint density at radius 3 is 2.48 bits per heavy atom. The molecule has 132 valence electrons. The van der Waals surface area contributed by atoms with E-state index in [-0.39, 0.29) is 11.7 Å². The second-order valence-corrected chi connectivity index (χ2v) is 5.84. The number of aryl methyl sites for hydroxylation is 1. The first-order valence-electron chi connectivity index (χ1n) is 8.35. The van der Waals surface area contributed by atoms with E-state index in [2.05, 4.69) is 41.6 Å². The van der Waals surface area contributed by atoms with E-state index >= 15 is 0 Å². The quantitative estimate of drug-likeness (QED) is 0.363. The molecule has 0 heterocycles. The summed E-state index contributed by atoms with van der Waals surface area (Å²) in [6, 6.07) is 14.8. The van der Waals surface area contributed by atoms with E-state index in [9.17, 15) is 10.1 Å². The number of hydrogen-bond donors (Lipinski definition) is 2. The summed E-state index contributed by atoms with van der Waals surface area (Å²) in [5, 5.41) is 17.3. The van der Waals surface area contributed by atoms with Crippen LogP contribution in [0.5, 0.6) is 0 Å². The molecule has 2 rings (SSSR count). The molecule has 6 nitrogen and oxygen atoms in total. The summed E-state index contributed by atoms with van der Waals surface area (Å²) in [4.78, 5) is 14.9. The van der Waals surface area contributed by atoms with Crippen LogP contribution >= 0.6 is 0 Å². The lowest BCUT2D eigenvalue weighted by molar-refractivity contribution is -0.384. The first-order valence-corrected chi connectivity index (χ1v) is 8.35. The van der Waals surface area contributed by atoms with Crippen LogP contribution in [0.4, 0.5) is 5.69 Å². The molecule has 1 atom stereocenters. The molecule has 25 heavy (non-hydrogen) atoms. The number of nitrogens with zero attached hydrogens (tertiary/aromatic N) is 2. The maximum absolute atomic E-state index is 10.7. The molecule has 0 aliphatic rings. The molecule has 0 saturated carbocycles. The number of benzene rings is 2. The molecule has 0 bridgehead atoms. The van der Waals surface area contributed by atoms with Crippen molar-refractivity contribution in [3.63, 3.8) is 0 Å². The Hall–Kier alpha value is -2.89. The van der Waals surface area contributed by atoms with Crippen molar-refractivity contribution in [2.75, 3.05) is 6.54 Å². The van der Waals surface area contributed by atoms with Crippen molar-refractivity contribution in [1.82, 2.24) is 10.6 Å². The van der Waals surface area contributed by atoms with E-state index in [1.807, 2.05) is 19.1 Å². The van der Waals surface area contributed by atoms with E-state index in [1.54, 1.807) is 12.1 Å². The van der Waals surface area contributed by atoms with Gasteiger partial charge in [-0.1, -0.05) is 36.4 Å². The second-order valence-electron chi connectivity index (χ2n) is 5.84. The van der Waals surface area contributed by atoms with Crippen LogP contribution in [0.3, 0.4) is 0 Å². The van der Waals surface area contributed by atoms with Crippen LogP contribution in [0.1, 0.15) is 36.6 Å². The van der Waals surface area contributed by atoms with Crippen molar-refractivity contribution in [3.8, 4) is 0 Å². The number of nitro benzene ring substituents is 1. The van der Waals surface area contributed by atoms with Crippen molar-refractivity contribution in [3.05, 3.63) is 75.3 Å². The highest BCUT2D eigenvalue weighted by atomic mass is 16.6. The average molecular weight is 340 g/mol. The molecule has 0 spiro atoms. The number of aliphatic imine (C=N–C) groups is 1. The number of guanidine groups is 1. The minimum absolute atomic E-state index is 0.0888. The number of non-ortho nitro benzene ring substituents is 1. The number of rotatable bonds is 6. The number of nitro groups is 1. The standard InChI is InChI=1S/C19H24N4O2/c1-4-20-19(22-15(3)18-8-6-5-7-14(18)2)21-13-16-9-11-17(12-10-16)23(24)25/h5-12,15H,4,13H2,1-3H3,(H2,20,21,22). The Bertz CT molecular complexity index is 741. The topological polar surface area (TPSA) is 79.6 Å². The Balaban J connectivity index is 2.07. The van der Waals surface area contributed by atoms with Crippen molar-refractivity contribution >= 4 is 11.6 Å². The van der Waals surface area contributed by atoms with Crippen molar-refractivity contribution < 1.29 is 4.92 Å². The van der Waals surface area contributed by atoms with Crippen LogP contribution in [0.2, 0.25) is 0 Å². The average Bonchev–Trinajstić information content (AvgIpc) is 2.60. The fourth-order valence-electron chi connectivity index (χ4n) is 2.57. The molecule has 2 aromatic rings. The van der Waals surface area contributed by atoms with Gasteiger partial charge >= 0.3 is 0 Å². The number of nitrogens with one attached hydrogen (secondary N) is 2. The summed E-state index contributed by atoms with van der Waals surface area (Å²) < 4.78 is 0. The molecule has 0 aliphatic carbocycles. The number of hydrogen-bond acceptors (Lipinski definition) is 3. The first-order chi connectivity index (χ1) is 12.0. The Kier molecular flexibility index (Phi) is 6.51. The predicted molar refractivity (Wildman–Crippen MR) is 101 cm³/mol. The highest BCUT2D eigenvalue weighted by Gasteiger charge is 2.10. The van der Waals surface area contributed by atoms with Crippen LogP contribution in [-0.2, 0) is 6.54 Å². The zero-order valence-electron chi connectivity index (χ0n) is 14.8. The molecule has 0 fully saturated rings. The molecule has 2 aromatic carbocycles. The predicted octanol–water partition coefficient (Wildman–Crippen LogP) is 3.72. The SMILES string of the molecule is CCNC(=NCc1ccc([N+](=O)[O-])cc1)NC(C)c1ccccc1C. The third-order valence-electron chi connectivity index (χ3n) is 3.92. The summed E-state index contributed by atoms with van der Waals surface area (Å²) in [5.74, 6) is 0.719. The van der Waals surface area contributed by atoms with Gasteiger partial charge in [-0.15, -0.1) is 0 Å². The van der Waals surface area contributed by atoms with Gasteiger partial charge in [-0.3, -0.25) is 10.1 Å². The minimum atomic E-state index is -0.400. The maximum atomic E-state index is 10.7. The Morgan fingerprint density at radius 2 is 1.88 bits per heavy atom. The highest BCUT2D eigenvalue weighted by Crippen LogP contribution is 2.16. The lowest BCUT2D eigenvalue weighted by Gasteiger charge is -2.19. The second kappa shape index (κ2) is 8.82. The van der Waals surface area contributed by atoms with Gasteiger partial charge in [-0.05, 0) is 37.5 Å². The maximum Gasteiger partial charge on any atom is 0.269 e. The zero-order valence-corrected chi connectivity index (χ0v) is 14.8. The largest absolute Gasteiger partial charge is 0.357 e. The molecule has 0 amide bonds. The monoisotopic (exact) mass is 340 g/mol. The van der Waals surface area contributed by atoms with Gasteiger partial charge < -0.3 is 10.6 Å². The van der Waals surface area contributed by atoms with Crippen LogP contribution in [0.15, 0.2) is 53.5 Å². The van der Waals surface area contributed by atoms with Gasteiger partial charge in [0.15, 0.2) is 5.96 Å². The van der Waals surface area contributed by atoms with Gasteiger partial charge in [0.1, 0.15) is 0 Å². The smallest absolute Gasteiger partial charge is 0.269 e. The van der Waals surface area contributed by atoms with E-state index in [1.165, 1.54) is 23.3 Å². The van der Waals surface area contributed by atoms with Crippen LogP contribution in [0.25, 0.3) is 0 Å². The van der Waals surface area contributed by atoms with Gasteiger partial charge in [0.25, 0.3) is 5.69 Å². The lowest BCUT2D eigenvalue weighted by atomic mass is 10.0. The third-order valence-corrected chi connectivity index (χ3v) is 3.92. The molecule has 0 aromatic heterocycles. The fourth-order valence-corrected chi connectivity index (χ4v) is 2.57. The van der Waals surface area contributed by atoms with Crippen molar-refractivity contribution in [2.45, 2.75) is 33.4 Å². The summed E-state index contributed by atoms with van der Waals surface area (Å²) >= 11 is 0. The fraction of sp³-hybridized carbons (Fsp3) is 0.316. The molecule has 0 saturated heterocycles. The molecule has 0 aliphatic heterocycles. The van der Waals surface area contributed by atoms with Gasteiger partial charge in [0.2, 0.25) is 0 Å². The summed E-state index contributed by atoms with van der Waals surface area (Å²) in [6.07, 6.45) is 0. The van der Waals surface area contributed by atoms with Gasteiger partial charge in [-0.25, -0.2) is 4.99 Å². The lowest BCUT2D eigenvalue weighted by Crippen LogP contribution is -2.38. The minimum Gasteiger partial charge on any atom is -0.357 e. The van der Waals surface area contributed by atoms with E-state index in [0.29, 0.717) is 6.54 Å². The molecular weight excluding hydrogens is 316 g/mol. The Labute approximate surface area is 148 Å². The zero-order chi connectivity index (χ0) is 18.2. The van der Waals surface area contributed by atoms with Gasteiger partial charge in [0, 0.05) is 18.7 Å². The molecular formula is C19H24N4O2. The van der Waals surface area contributed by atoms with Crippen molar-refractivity contribution in [2.24, 2.45) is 4.99 Å². The van der Waals surface area contributed by atoms with E-state index < -0.39 is 4.92 Å². The van der Waals surface area contributed by atoms with Crippen LogP contribution < -0.4 is 10.6 Å². The summed E-state index contributed by atoms with van der Waals surface area (Å²) in [6.45, 7) is 7.41. The van der Waals surface area contributed by atoms with Crippen molar-refractivity contribution in [1.29, 1.82) is 0 Å². The highest BCUT2D eigenvalue weighted by molar-refractivity contribution is 5.80. The van der Waals surface area contributed by atoms with Gasteiger partial charge in [-0.2, -0.15) is 0 Å².